The third-order valence-electron chi connectivity index (χ3n) is 2.50. The number of benzene rings is 1. The summed E-state index contributed by atoms with van der Waals surface area (Å²) < 4.78 is 0. The maximum absolute atomic E-state index is 11.4. The van der Waals surface area contributed by atoms with Crippen LogP contribution in [0.15, 0.2) is 41.7 Å². The van der Waals surface area contributed by atoms with E-state index in [1.807, 2.05) is 30.3 Å². The van der Waals surface area contributed by atoms with Gasteiger partial charge in [-0.3, -0.25) is 4.79 Å². The predicted molar refractivity (Wildman–Crippen MR) is 54.0 cm³/mol. The van der Waals surface area contributed by atoms with E-state index in [1.54, 1.807) is 0 Å². The Kier molecular flexibility index (Phi) is 2.35. The van der Waals surface area contributed by atoms with Crippen molar-refractivity contribution >= 4 is 5.78 Å². The molecule has 0 spiro atoms. The van der Waals surface area contributed by atoms with E-state index in [0.717, 1.165) is 5.56 Å². The number of hydrogen-bond donors (Lipinski definition) is 1. The van der Waals surface area contributed by atoms with E-state index < -0.39 is 0 Å². The highest BCUT2D eigenvalue weighted by atomic mass is 16.3. The van der Waals surface area contributed by atoms with Crippen LogP contribution >= 0.6 is 0 Å². The van der Waals surface area contributed by atoms with Crippen molar-refractivity contribution in [3.63, 3.8) is 0 Å². The standard InChI is InChI=1S/C12H12O2/c13-11-6-7-12(14)10(11)8-9-4-2-1-3-5-9/h1-5,13H,6-8H2. The highest BCUT2D eigenvalue weighted by Crippen LogP contribution is 2.23. The van der Waals surface area contributed by atoms with Gasteiger partial charge in [-0.15, -0.1) is 0 Å². The highest BCUT2D eigenvalue weighted by molar-refractivity contribution is 5.98. The van der Waals surface area contributed by atoms with E-state index in [4.69, 9.17) is 0 Å². The number of ketones is 1. The molecule has 0 saturated carbocycles. The molecule has 1 aromatic rings. The molecule has 0 atom stereocenters. The van der Waals surface area contributed by atoms with Gasteiger partial charge in [-0.2, -0.15) is 0 Å². The second-order valence-electron chi connectivity index (χ2n) is 3.51. The Morgan fingerprint density at radius 2 is 1.86 bits per heavy atom. The van der Waals surface area contributed by atoms with Crippen LogP contribution in [0.1, 0.15) is 18.4 Å². The number of carbonyl (C=O) groups is 1. The summed E-state index contributed by atoms with van der Waals surface area (Å²) in [6.45, 7) is 0. The van der Waals surface area contributed by atoms with Crippen LogP contribution in [-0.4, -0.2) is 10.9 Å². The van der Waals surface area contributed by atoms with Crippen molar-refractivity contribution in [2.75, 3.05) is 0 Å². The second-order valence-corrected chi connectivity index (χ2v) is 3.51. The van der Waals surface area contributed by atoms with E-state index in [9.17, 15) is 9.90 Å². The molecule has 1 aliphatic carbocycles. The third-order valence-corrected chi connectivity index (χ3v) is 2.50. The Labute approximate surface area is 82.9 Å². The molecule has 0 aromatic heterocycles. The number of hydrogen-bond acceptors (Lipinski definition) is 2. The van der Waals surface area contributed by atoms with E-state index >= 15 is 0 Å². The summed E-state index contributed by atoms with van der Waals surface area (Å²) in [5.74, 6) is 0.366. The van der Waals surface area contributed by atoms with Crippen molar-refractivity contribution in [2.24, 2.45) is 0 Å². The third kappa shape index (κ3) is 1.69. The maximum atomic E-state index is 11.4. The van der Waals surface area contributed by atoms with Gasteiger partial charge < -0.3 is 5.11 Å². The Bertz CT molecular complexity index is 377. The van der Waals surface area contributed by atoms with Crippen LogP contribution in [0.5, 0.6) is 0 Å². The largest absolute Gasteiger partial charge is 0.512 e. The lowest BCUT2D eigenvalue weighted by Crippen LogP contribution is -2.00. The molecule has 2 heteroatoms. The lowest BCUT2D eigenvalue weighted by atomic mass is 10.0. The summed E-state index contributed by atoms with van der Waals surface area (Å²) >= 11 is 0. The predicted octanol–water partition coefficient (Wildman–Crippen LogP) is 2.40. The molecule has 0 saturated heterocycles. The fourth-order valence-electron chi connectivity index (χ4n) is 1.70. The molecule has 0 bridgehead atoms. The number of aliphatic hydroxyl groups excluding tert-OH is 1. The normalized spacial score (nSPS) is 16.4. The van der Waals surface area contributed by atoms with Crippen LogP contribution in [-0.2, 0) is 11.2 Å². The monoisotopic (exact) mass is 188 g/mol. The van der Waals surface area contributed by atoms with Crippen LogP contribution in [0.25, 0.3) is 0 Å². The van der Waals surface area contributed by atoms with Gasteiger partial charge >= 0.3 is 0 Å². The highest BCUT2D eigenvalue weighted by Gasteiger charge is 2.22. The zero-order valence-corrected chi connectivity index (χ0v) is 7.86. The summed E-state index contributed by atoms with van der Waals surface area (Å²) in [6.07, 6.45) is 1.54. The first-order chi connectivity index (χ1) is 6.77. The van der Waals surface area contributed by atoms with E-state index in [1.165, 1.54) is 0 Å². The molecular weight excluding hydrogens is 176 g/mol. The SMILES string of the molecule is O=C1CCC(O)=C1Cc1ccccc1. The average molecular weight is 188 g/mol. The van der Waals surface area contributed by atoms with Crippen molar-refractivity contribution in [1.82, 2.24) is 0 Å². The lowest BCUT2D eigenvalue weighted by molar-refractivity contribution is -0.115. The van der Waals surface area contributed by atoms with Crippen molar-refractivity contribution in [1.29, 1.82) is 0 Å². The molecule has 1 aromatic carbocycles. The van der Waals surface area contributed by atoms with Gasteiger partial charge in [0.05, 0.1) is 5.76 Å². The zero-order chi connectivity index (χ0) is 9.97. The molecule has 0 radical (unpaired) electrons. The molecule has 72 valence electrons. The van der Waals surface area contributed by atoms with Crippen LogP contribution in [0.3, 0.4) is 0 Å². The zero-order valence-electron chi connectivity index (χ0n) is 7.86. The van der Waals surface area contributed by atoms with Crippen molar-refractivity contribution in [2.45, 2.75) is 19.3 Å². The summed E-state index contributed by atoms with van der Waals surface area (Å²) in [7, 11) is 0. The van der Waals surface area contributed by atoms with Gasteiger partial charge in [-0.25, -0.2) is 0 Å². The van der Waals surface area contributed by atoms with E-state index in [2.05, 4.69) is 0 Å². The first-order valence-electron chi connectivity index (χ1n) is 4.75. The molecule has 14 heavy (non-hydrogen) atoms. The smallest absolute Gasteiger partial charge is 0.162 e. The van der Waals surface area contributed by atoms with E-state index in [0.29, 0.717) is 24.8 Å². The van der Waals surface area contributed by atoms with Gasteiger partial charge in [0, 0.05) is 24.8 Å². The minimum atomic E-state index is 0.0892. The molecule has 0 heterocycles. The second kappa shape index (κ2) is 3.66. The molecule has 2 rings (SSSR count). The van der Waals surface area contributed by atoms with Crippen LogP contribution in [0, 0.1) is 0 Å². The number of allylic oxidation sites excluding steroid dienone is 2. The quantitative estimate of drug-likeness (QED) is 0.773. The van der Waals surface area contributed by atoms with Crippen molar-refractivity contribution in [3.05, 3.63) is 47.2 Å². The van der Waals surface area contributed by atoms with Crippen LogP contribution in [0.2, 0.25) is 0 Å². The Balaban J connectivity index is 2.19. The molecule has 0 amide bonds. The number of carbonyl (C=O) groups excluding carboxylic acids is 1. The Hall–Kier alpha value is -1.57. The summed E-state index contributed by atoms with van der Waals surface area (Å²) in [4.78, 5) is 11.4. The molecule has 1 aliphatic rings. The first-order valence-corrected chi connectivity index (χ1v) is 4.75. The molecular formula is C12H12O2. The van der Waals surface area contributed by atoms with Gasteiger partial charge in [0.2, 0.25) is 0 Å². The first kappa shape index (κ1) is 9.00. The maximum Gasteiger partial charge on any atom is 0.162 e. The van der Waals surface area contributed by atoms with E-state index in [-0.39, 0.29) is 11.5 Å². The van der Waals surface area contributed by atoms with Gasteiger partial charge in [0.1, 0.15) is 0 Å². The van der Waals surface area contributed by atoms with Crippen molar-refractivity contribution < 1.29 is 9.90 Å². The Morgan fingerprint density at radius 1 is 1.14 bits per heavy atom. The fraction of sp³-hybridized carbons (Fsp3) is 0.250. The summed E-state index contributed by atoms with van der Waals surface area (Å²) in [5, 5.41) is 9.48. The lowest BCUT2D eigenvalue weighted by Gasteiger charge is -2.01. The summed E-state index contributed by atoms with van der Waals surface area (Å²) in [6, 6.07) is 9.74. The van der Waals surface area contributed by atoms with Crippen LogP contribution in [0.4, 0.5) is 0 Å². The molecule has 0 fully saturated rings. The number of rotatable bonds is 2. The Morgan fingerprint density at radius 3 is 2.43 bits per heavy atom. The number of aliphatic hydroxyl groups is 1. The fourth-order valence-corrected chi connectivity index (χ4v) is 1.70. The minimum absolute atomic E-state index is 0.0892. The van der Waals surface area contributed by atoms with Gasteiger partial charge in [-0.05, 0) is 5.56 Å². The molecule has 2 nitrogen and oxygen atoms in total. The number of Topliss-reactive ketones (excluding diaryl/α,β-unsaturated/α-hetero) is 1. The van der Waals surface area contributed by atoms with Crippen molar-refractivity contribution in [3.8, 4) is 0 Å². The molecule has 0 unspecified atom stereocenters. The van der Waals surface area contributed by atoms with Crippen LogP contribution < -0.4 is 0 Å². The van der Waals surface area contributed by atoms with Gasteiger partial charge in [-0.1, -0.05) is 30.3 Å². The topological polar surface area (TPSA) is 37.3 Å². The van der Waals surface area contributed by atoms with Gasteiger partial charge in [0.25, 0.3) is 0 Å². The van der Waals surface area contributed by atoms with Gasteiger partial charge in [0.15, 0.2) is 5.78 Å². The average Bonchev–Trinajstić information content (AvgIpc) is 2.51. The molecule has 0 aliphatic heterocycles. The minimum Gasteiger partial charge on any atom is -0.512 e. The molecule has 1 N–H and O–H groups in total. The summed E-state index contributed by atoms with van der Waals surface area (Å²) in [5.41, 5.74) is 1.67.